The topological polar surface area (TPSA) is 39.2 Å². The summed E-state index contributed by atoms with van der Waals surface area (Å²) in [6.45, 7) is 0. The van der Waals surface area contributed by atoms with Crippen molar-refractivity contribution >= 4 is 0 Å². The highest BCUT2D eigenvalue weighted by atomic mass is 16.3. The smallest absolute Gasteiger partial charge is 0.105 e. The Morgan fingerprint density at radius 1 is 1.43 bits per heavy atom. The van der Waals surface area contributed by atoms with Crippen LogP contribution < -0.4 is 5.73 Å². The molecule has 1 aromatic heterocycles. The molecule has 3 rings (SSSR count). The first-order chi connectivity index (χ1) is 6.86. The molecule has 2 N–H and O–H groups in total. The van der Waals surface area contributed by atoms with Gasteiger partial charge >= 0.3 is 0 Å². The molecule has 2 aliphatic carbocycles. The highest BCUT2D eigenvalue weighted by Gasteiger charge is 2.54. The van der Waals surface area contributed by atoms with Crippen LogP contribution in [0.3, 0.4) is 0 Å². The normalized spacial score (nSPS) is 36.8. The lowest BCUT2D eigenvalue weighted by Gasteiger charge is -2.11. The summed E-state index contributed by atoms with van der Waals surface area (Å²) in [7, 11) is 0. The number of furan rings is 1. The van der Waals surface area contributed by atoms with Crippen molar-refractivity contribution in [2.75, 3.05) is 0 Å². The van der Waals surface area contributed by atoms with Gasteiger partial charge in [-0.2, -0.15) is 0 Å². The lowest BCUT2D eigenvalue weighted by Crippen LogP contribution is -2.27. The van der Waals surface area contributed by atoms with Crippen LogP contribution in [-0.2, 0) is 6.42 Å². The van der Waals surface area contributed by atoms with Crippen molar-refractivity contribution in [1.82, 2.24) is 0 Å². The van der Waals surface area contributed by atoms with E-state index in [-0.39, 0.29) is 0 Å². The lowest BCUT2D eigenvalue weighted by atomic mass is 10.0. The predicted octanol–water partition coefficient (Wildman–Crippen LogP) is 2.20. The molecule has 2 fully saturated rings. The first kappa shape index (κ1) is 8.54. The molecule has 0 amide bonds. The molecule has 2 nitrogen and oxygen atoms in total. The van der Waals surface area contributed by atoms with Crippen molar-refractivity contribution in [3.8, 4) is 0 Å². The summed E-state index contributed by atoms with van der Waals surface area (Å²) >= 11 is 0. The summed E-state index contributed by atoms with van der Waals surface area (Å²) in [4.78, 5) is 0. The van der Waals surface area contributed by atoms with Crippen LogP contribution in [0.1, 0.15) is 25.0 Å². The van der Waals surface area contributed by atoms with E-state index < -0.39 is 0 Å². The molecule has 0 radical (unpaired) electrons. The molecular formula is C12H17NO. The quantitative estimate of drug-likeness (QED) is 0.795. The van der Waals surface area contributed by atoms with Crippen molar-refractivity contribution < 1.29 is 4.42 Å². The van der Waals surface area contributed by atoms with Gasteiger partial charge in [0.2, 0.25) is 0 Å². The molecule has 0 spiro atoms. The zero-order valence-corrected chi connectivity index (χ0v) is 8.36. The average molecular weight is 191 g/mol. The molecule has 3 unspecified atom stereocenters. The molecule has 2 heteroatoms. The number of hydrogen-bond donors (Lipinski definition) is 1. The Morgan fingerprint density at radius 2 is 2.21 bits per heavy atom. The minimum Gasteiger partial charge on any atom is -0.469 e. The van der Waals surface area contributed by atoms with Crippen molar-refractivity contribution in [2.45, 2.75) is 31.7 Å². The summed E-state index contributed by atoms with van der Waals surface area (Å²) in [5.41, 5.74) is 6.20. The largest absolute Gasteiger partial charge is 0.469 e. The van der Waals surface area contributed by atoms with Crippen LogP contribution in [0.5, 0.6) is 0 Å². The van der Waals surface area contributed by atoms with Crippen LogP contribution in [0.15, 0.2) is 22.8 Å². The Kier molecular flexibility index (Phi) is 1.91. The van der Waals surface area contributed by atoms with Gasteiger partial charge in [0, 0.05) is 12.5 Å². The number of fused-ring (bicyclic) bond motifs is 1. The van der Waals surface area contributed by atoms with E-state index in [1.807, 2.05) is 12.1 Å². The van der Waals surface area contributed by atoms with Crippen LogP contribution in [-0.4, -0.2) is 6.04 Å². The van der Waals surface area contributed by atoms with Crippen molar-refractivity contribution in [3.63, 3.8) is 0 Å². The molecule has 3 atom stereocenters. The standard InChI is InChI=1S/C12H17NO/c13-11(7-8-3-2-6-14-8)12-9-4-1-5-10(9)12/h2-3,6,9-12H,1,4-5,7,13H2. The second-order valence-electron chi connectivity index (χ2n) is 4.78. The van der Waals surface area contributed by atoms with Gasteiger partial charge in [-0.15, -0.1) is 0 Å². The Bertz CT molecular complexity index is 296. The average Bonchev–Trinajstić information content (AvgIpc) is 2.63. The van der Waals surface area contributed by atoms with Crippen molar-refractivity contribution in [1.29, 1.82) is 0 Å². The van der Waals surface area contributed by atoms with Gasteiger partial charge in [0.15, 0.2) is 0 Å². The summed E-state index contributed by atoms with van der Waals surface area (Å²) in [6, 6.07) is 4.30. The fourth-order valence-corrected chi connectivity index (χ4v) is 3.31. The first-order valence-electron chi connectivity index (χ1n) is 5.64. The molecule has 0 aliphatic heterocycles. The van der Waals surface area contributed by atoms with Gasteiger partial charge in [-0.25, -0.2) is 0 Å². The molecule has 1 aromatic rings. The second-order valence-corrected chi connectivity index (χ2v) is 4.78. The molecule has 2 saturated carbocycles. The van der Waals surface area contributed by atoms with Gasteiger partial charge in [-0.3, -0.25) is 0 Å². The van der Waals surface area contributed by atoms with Crippen LogP contribution in [0.4, 0.5) is 0 Å². The van der Waals surface area contributed by atoms with Crippen LogP contribution in [0, 0.1) is 17.8 Å². The zero-order valence-electron chi connectivity index (χ0n) is 8.36. The van der Waals surface area contributed by atoms with Crippen LogP contribution in [0.2, 0.25) is 0 Å². The van der Waals surface area contributed by atoms with E-state index in [9.17, 15) is 0 Å². The van der Waals surface area contributed by atoms with Gasteiger partial charge < -0.3 is 10.2 Å². The molecule has 14 heavy (non-hydrogen) atoms. The predicted molar refractivity (Wildman–Crippen MR) is 54.7 cm³/mol. The van der Waals surface area contributed by atoms with E-state index in [1.54, 1.807) is 6.26 Å². The Hall–Kier alpha value is -0.760. The third-order valence-corrected chi connectivity index (χ3v) is 3.98. The zero-order chi connectivity index (χ0) is 9.54. The summed E-state index contributed by atoms with van der Waals surface area (Å²) in [5, 5.41) is 0. The molecule has 1 heterocycles. The molecule has 0 bridgehead atoms. The number of nitrogens with two attached hydrogens (primary N) is 1. The lowest BCUT2D eigenvalue weighted by molar-refractivity contribution is 0.433. The van der Waals surface area contributed by atoms with Crippen molar-refractivity contribution in [2.24, 2.45) is 23.5 Å². The maximum atomic E-state index is 6.20. The Labute approximate surface area is 84.5 Å². The first-order valence-corrected chi connectivity index (χ1v) is 5.64. The van der Waals surface area contributed by atoms with Gasteiger partial charge in [-0.1, -0.05) is 6.42 Å². The van der Waals surface area contributed by atoms with E-state index in [4.69, 9.17) is 10.2 Å². The van der Waals surface area contributed by atoms with E-state index >= 15 is 0 Å². The van der Waals surface area contributed by atoms with E-state index in [0.717, 1.165) is 29.9 Å². The summed E-state index contributed by atoms with van der Waals surface area (Å²) in [6.07, 6.45) is 6.92. The third-order valence-electron chi connectivity index (χ3n) is 3.98. The fourth-order valence-electron chi connectivity index (χ4n) is 3.31. The molecule has 2 aliphatic rings. The monoisotopic (exact) mass is 191 g/mol. The van der Waals surface area contributed by atoms with Crippen LogP contribution >= 0.6 is 0 Å². The maximum Gasteiger partial charge on any atom is 0.105 e. The van der Waals surface area contributed by atoms with Crippen LogP contribution in [0.25, 0.3) is 0 Å². The highest BCUT2D eigenvalue weighted by molar-refractivity contribution is 5.09. The fraction of sp³-hybridized carbons (Fsp3) is 0.667. The molecular weight excluding hydrogens is 174 g/mol. The van der Waals surface area contributed by atoms with Gasteiger partial charge in [0.1, 0.15) is 5.76 Å². The van der Waals surface area contributed by atoms with Gasteiger partial charge in [0.05, 0.1) is 6.26 Å². The highest BCUT2D eigenvalue weighted by Crippen LogP contribution is 2.58. The third kappa shape index (κ3) is 1.29. The Morgan fingerprint density at radius 3 is 2.86 bits per heavy atom. The second kappa shape index (κ2) is 3.13. The van der Waals surface area contributed by atoms with E-state index in [1.165, 1.54) is 19.3 Å². The van der Waals surface area contributed by atoms with Crippen molar-refractivity contribution in [3.05, 3.63) is 24.2 Å². The van der Waals surface area contributed by atoms with Gasteiger partial charge in [0.25, 0.3) is 0 Å². The van der Waals surface area contributed by atoms with E-state index in [2.05, 4.69) is 0 Å². The summed E-state index contributed by atoms with van der Waals surface area (Å²) in [5.74, 6) is 3.76. The minimum atomic E-state index is 0.330. The Balaban J connectivity index is 1.59. The molecule has 0 aromatic carbocycles. The number of hydrogen-bond acceptors (Lipinski definition) is 2. The minimum absolute atomic E-state index is 0.330. The SMILES string of the molecule is NC(Cc1ccco1)C1C2CCCC21. The number of rotatable bonds is 3. The van der Waals surface area contributed by atoms with E-state index in [0.29, 0.717) is 6.04 Å². The molecule has 0 saturated heterocycles. The summed E-state index contributed by atoms with van der Waals surface area (Å²) < 4.78 is 5.32. The maximum absolute atomic E-state index is 6.20. The van der Waals surface area contributed by atoms with Gasteiger partial charge in [-0.05, 0) is 42.7 Å². The molecule has 76 valence electrons.